The minimum Gasteiger partial charge on any atom is -0.391 e. The van der Waals surface area contributed by atoms with E-state index in [4.69, 9.17) is 0 Å². The number of fused-ring (bicyclic) bond motifs is 1. The quantitative estimate of drug-likeness (QED) is 0.556. The van der Waals surface area contributed by atoms with Crippen LogP contribution in [0.5, 0.6) is 0 Å². The van der Waals surface area contributed by atoms with Crippen LogP contribution in [0.1, 0.15) is 13.3 Å². The Kier molecular flexibility index (Phi) is 4.09. The summed E-state index contributed by atoms with van der Waals surface area (Å²) >= 11 is 0. The van der Waals surface area contributed by atoms with Gasteiger partial charge in [0.2, 0.25) is 0 Å². The van der Waals surface area contributed by atoms with Gasteiger partial charge in [0.1, 0.15) is 11.7 Å². The van der Waals surface area contributed by atoms with Gasteiger partial charge < -0.3 is 5.11 Å². The van der Waals surface area contributed by atoms with Crippen LogP contribution < -0.4 is 5.56 Å². The highest BCUT2D eigenvalue weighted by Gasteiger charge is 2.14. The van der Waals surface area contributed by atoms with E-state index in [1.807, 2.05) is 6.92 Å². The second kappa shape index (κ2) is 6.20. The second-order valence-corrected chi connectivity index (χ2v) is 5.33. The third kappa shape index (κ3) is 2.76. The maximum Gasteiger partial charge on any atom is 0.269 e. The highest BCUT2D eigenvalue weighted by Crippen LogP contribution is 2.17. The van der Waals surface area contributed by atoms with Gasteiger partial charge in [-0.25, -0.2) is 9.67 Å². The molecule has 24 heavy (non-hydrogen) atoms. The number of aliphatic hydroxyl groups is 1. The molecule has 9 heteroatoms. The second-order valence-electron chi connectivity index (χ2n) is 5.33. The molecule has 0 saturated carbocycles. The normalized spacial score (nSPS) is 12.4. The average Bonchev–Trinajstić information content (AvgIpc) is 3.02. The molecule has 0 fully saturated rings. The van der Waals surface area contributed by atoms with Gasteiger partial charge in [-0.2, -0.15) is 5.10 Å². The van der Waals surface area contributed by atoms with Gasteiger partial charge in [0, 0.05) is 12.1 Å². The maximum atomic E-state index is 12.4. The molecular weight excluding hydrogens is 314 g/mol. The fraction of sp³-hybridized carbons (Fsp3) is 0.267. The van der Waals surface area contributed by atoms with Crippen molar-refractivity contribution >= 4 is 16.7 Å². The van der Waals surface area contributed by atoms with Gasteiger partial charge in [-0.3, -0.25) is 19.5 Å². The molecule has 0 amide bonds. The van der Waals surface area contributed by atoms with Crippen molar-refractivity contribution < 1.29 is 10.0 Å². The summed E-state index contributed by atoms with van der Waals surface area (Å²) in [5.41, 5.74) is 0.602. The van der Waals surface area contributed by atoms with Crippen LogP contribution in [0.25, 0.3) is 16.7 Å². The van der Waals surface area contributed by atoms with Crippen molar-refractivity contribution in [2.24, 2.45) is 0 Å². The SMILES string of the molecule is CC[C@@H](O)Cn1cnc2c(cnn2-c2ccc([N+](=O)[O-])cc2)c1=O. The lowest BCUT2D eigenvalue weighted by molar-refractivity contribution is -0.384. The van der Waals surface area contributed by atoms with Gasteiger partial charge in [-0.15, -0.1) is 0 Å². The Morgan fingerprint density at radius 1 is 1.33 bits per heavy atom. The van der Waals surface area contributed by atoms with Gasteiger partial charge in [0.15, 0.2) is 5.65 Å². The summed E-state index contributed by atoms with van der Waals surface area (Å²) in [5.74, 6) is 0. The van der Waals surface area contributed by atoms with Gasteiger partial charge in [0.05, 0.1) is 29.5 Å². The summed E-state index contributed by atoms with van der Waals surface area (Å²) in [6, 6.07) is 5.81. The number of rotatable bonds is 5. The van der Waals surface area contributed by atoms with Crippen LogP contribution in [0.15, 0.2) is 41.6 Å². The lowest BCUT2D eigenvalue weighted by atomic mass is 10.2. The molecule has 0 aliphatic carbocycles. The van der Waals surface area contributed by atoms with Crippen LogP contribution in [-0.4, -0.2) is 35.5 Å². The standard InChI is InChI=1S/C15H15N5O4/c1-2-12(21)8-18-9-16-14-13(15(18)22)7-17-19(14)10-3-5-11(6-4-10)20(23)24/h3-7,9,12,21H,2,8H2,1H3/t12-/m1/s1. The Morgan fingerprint density at radius 2 is 2.04 bits per heavy atom. The van der Waals surface area contributed by atoms with Crippen LogP contribution in [0.3, 0.4) is 0 Å². The number of nitrogens with zero attached hydrogens (tertiary/aromatic N) is 5. The fourth-order valence-corrected chi connectivity index (χ4v) is 2.34. The third-order valence-corrected chi connectivity index (χ3v) is 3.74. The number of hydrogen-bond donors (Lipinski definition) is 1. The molecule has 124 valence electrons. The average molecular weight is 329 g/mol. The molecule has 2 aromatic heterocycles. The van der Waals surface area contributed by atoms with Crippen LogP contribution >= 0.6 is 0 Å². The van der Waals surface area contributed by atoms with Crippen molar-refractivity contribution in [1.29, 1.82) is 0 Å². The Morgan fingerprint density at radius 3 is 2.67 bits per heavy atom. The van der Waals surface area contributed by atoms with E-state index in [-0.39, 0.29) is 17.8 Å². The molecule has 2 heterocycles. The molecule has 0 unspecified atom stereocenters. The number of aliphatic hydroxyl groups excluding tert-OH is 1. The first-order valence-electron chi connectivity index (χ1n) is 7.37. The lowest BCUT2D eigenvalue weighted by Gasteiger charge is -2.10. The van der Waals surface area contributed by atoms with Crippen LogP contribution in [0, 0.1) is 10.1 Å². The number of nitro groups is 1. The molecule has 0 aliphatic rings. The minimum absolute atomic E-state index is 0.0286. The topological polar surface area (TPSA) is 116 Å². The van der Waals surface area contributed by atoms with E-state index < -0.39 is 11.0 Å². The fourth-order valence-electron chi connectivity index (χ4n) is 2.34. The molecule has 0 bridgehead atoms. The summed E-state index contributed by atoms with van der Waals surface area (Å²) in [6.45, 7) is 2.00. The molecule has 0 aliphatic heterocycles. The van der Waals surface area contributed by atoms with E-state index in [2.05, 4.69) is 10.1 Å². The van der Waals surface area contributed by atoms with Crippen LogP contribution in [-0.2, 0) is 6.54 Å². The summed E-state index contributed by atoms with van der Waals surface area (Å²) in [4.78, 5) is 26.9. The van der Waals surface area contributed by atoms with Crippen molar-refractivity contribution in [3.8, 4) is 5.69 Å². The monoisotopic (exact) mass is 329 g/mol. The smallest absolute Gasteiger partial charge is 0.269 e. The van der Waals surface area contributed by atoms with Gasteiger partial charge in [-0.1, -0.05) is 6.92 Å². The van der Waals surface area contributed by atoms with E-state index in [0.717, 1.165) is 0 Å². The van der Waals surface area contributed by atoms with E-state index in [0.29, 0.717) is 23.1 Å². The van der Waals surface area contributed by atoms with Gasteiger partial charge >= 0.3 is 0 Å². The molecule has 3 rings (SSSR count). The molecule has 1 atom stereocenters. The van der Waals surface area contributed by atoms with E-state index in [9.17, 15) is 20.0 Å². The Labute approximate surface area is 135 Å². The zero-order chi connectivity index (χ0) is 17.3. The van der Waals surface area contributed by atoms with Gasteiger partial charge in [-0.05, 0) is 18.6 Å². The van der Waals surface area contributed by atoms with E-state index in [1.165, 1.54) is 33.9 Å². The van der Waals surface area contributed by atoms with Crippen molar-refractivity contribution in [3.63, 3.8) is 0 Å². The molecule has 0 radical (unpaired) electrons. The maximum absolute atomic E-state index is 12.4. The number of aromatic nitrogens is 4. The number of non-ortho nitro benzene ring substituents is 1. The van der Waals surface area contributed by atoms with E-state index in [1.54, 1.807) is 12.1 Å². The predicted molar refractivity (Wildman–Crippen MR) is 86.1 cm³/mol. The lowest BCUT2D eigenvalue weighted by Crippen LogP contribution is -2.26. The molecule has 0 spiro atoms. The first-order chi connectivity index (χ1) is 11.5. The largest absolute Gasteiger partial charge is 0.391 e. The molecule has 1 aromatic carbocycles. The predicted octanol–water partition coefficient (Wildman–Crippen LogP) is 1.26. The Bertz CT molecular complexity index is 945. The Balaban J connectivity index is 2.03. The minimum atomic E-state index is -0.619. The van der Waals surface area contributed by atoms with Crippen LogP contribution in [0.2, 0.25) is 0 Å². The molecular formula is C15H15N5O4. The molecule has 0 saturated heterocycles. The first-order valence-corrected chi connectivity index (χ1v) is 7.37. The van der Waals surface area contributed by atoms with Crippen LogP contribution in [0.4, 0.5) is 5.69 Å². The highest BCUT2D eigenvalue weighted by molar-refractivity contribution is 5.75. The highest BCUT2D eigenvalue weighted by atomic mass is 16.6. The van der Waals surface area contributed by atoms with Crippen molar-refractivity contribution in [2.75, 3.05) is 0 Å². The number of benzene rings is 1. The summed E-state index contributed by atoms with van der Waals surface area (Å²) < 4.78 is 2.79. The zero-order valence-corrected chi connectivity index (χ0v) is 12.9. The van der Waals surface area contributed by atoms with Crippen molar-refractivity contribution in [1.82, 2.24) is 19.3 Å². The van der Waals surface area contributed by atoms with E-state index >= 15 is 0 Å². The first kappa shape index (κ1) is 15.8. The van der Waals surface area contributed by atoms with Gasteiger partial charge in [0.25, 0.3) is 11.2 Å². The molecule has 9 nitrogen and oxygen atoms in total. The van der Waals surface area contributed by atoms with Crippen molar-refractivity contribution in [3.05, 3.63) is 57.3 Å². The third-order valence-electron chi connectivity index (χ3n) is 3.74. The molecule has 1 N–H and O–H groups in total. The Hall–Kier alpha value is -3.07. The zero-order valence-electron chi connectivity index (χ0n) is 12.9. The summed E-state index contributed by atoms with van der Waals surface area (Å²) in [6.07, 6.45) is 2.69. The summed E-state index contributed by atoms with van der Waals surface area (Å²) in [7, 11) is 0. The molecule has 3 aromatic rings. The number of hydrogen-bond acceptors (Lipinski definition) is 6. The number of nitro benzene ring substituents is 1. The summed E-state index contributed by atoms with van der Waals surface area (Å²) in [5, 5.41) is 24.9. The van der Waals surface area contributed by atoms with Crippen molar-refractivity contribution in [2.45, 2.75) is 26.0 Å².